The summed E-state index contributed by atoms with van der Waals surface area (Å²) in [6, 6.07) is 20.4. The third-order valence-corrected chi connectivity index (χ3v) is 5.43. The Morgan fingerprint density at radius 2 is 1.40 bits per heavy atom. The first-order valence-electron chi connectivity index (χ1n) is 7.65. The van der Waals surface area contributed by atoms with E-state index in [9.17, 15) is 5.26 Å². The maximum absolute atomic E-state index is 9.51. The minimum Gasteiger partial charge on any atom is -0.383 e. The maximum Gasteiger partial charge on any atom is 0.142 e. The Kier molecular flexibility index (Phi) is 5.32. The van der Waals surface area contributed by atoms with Crippen LogP contribution < -0.4 is 5.73 Å². The molecule has 0 atom stereocenters. The predicted molar refractivity (Wildman–Crippen MR) is 108 cm³/mol. The van der Waals surface area contributed by atoms with Crippen LogP contribution in [0, 0.1) is 11.3 Å². The lowest BCUT2D eigenvalue weighted by Crippen LogP contribution is -1.99. The molecule has 0 aliphatic carbocycles. The second-order valence-electron chi connectivity index (χ2n) is 5.38. The van der Waals surface area contributed by atoms with Crippen LogP contribution >= 0.6 is 23.5 Å². The molecule has 25 heavy (non-hydrogen) atoms. The van der Waals surface area contributed by atoms with Gasteiger partial charge in [-0.15, -0.1) is 23.5 Å². The summed E-state index contributed by atoms with van der Waals surface area (Å²) in [6.45, 7) is 0. The molecule has 0 fully saturated rings. The summed E-state index contributed by atoms with van der Waals surface area (Å²) in [5, 5.41) is 9.51. The van der Waals surface area contributed by atoms with Gasteiger partial charge in [0.15, 0.2) is 0 Å². The minimum atomic E-state index is 0.262. The highest BCUT2D eigenvalue weighted by Gasteiger charge is 2.13. The smallest absolute Gasteiger partial charge is 0.142 e. The summed E-state index contributed by atoms with van der Waals surface area (Å²) in [7, 11) is 0. The molecular weight excluding hydrogens is 346 g/mol. The molecule has 1 heterocycles. The number of benzene rings is 2. The number of aromatic nitrogens is 1. The van der Waals surface area contributed by atoms with Crippen LogP contribution in [0.1, 0.15) is 5.56 Å². The Hall–Kier alpha value is -2.42. The number of nitrogens with zero attached hydrogens (tertiary/aromatic N) is 2. The van der Waals surface area contributed by atoms with Gasteiger partial charge in [-0.05, 0) is 48.4 Å². The molecule has 3 nitrogen and oxygen atoms in total. The minimum absolute atomic E-state index is 0.262. The standard InChI is InChI=1S/C20H17N3S2/c1-24-15-7-3-13(4-8-15)17-11-19(23-20(22)18(17)12-21)14-5-9-16(25-2)10-6-14/h3-11H,1-2H3,(H2,22,23). The van der Waals surface area contributed by atoms with Crippen LogP contribution in [0.15, 0.2) is 64.4 Å². The average molecular weight is 364 g/mol. The third-order valence-electron chi connectivity index (χ3n) is 3.95. The number of nitrogens with two attached hydrogens (primary N) is 1. The van der Waals surface area contributed by atoms with E-state index in [0.717, 1.165) is 22.4 Å². The Morgan fingerprint density at radius 1 is 0.880 bits per heavy atom. The SMILES string of the molecule is CSc1ccc(-c2cc(-c3ccc(SC)cc3)c(C#N)c(N)n2)cc1. The number of nitriles is 1. The van der Waals surface area contributed by atoms with Crippen molar-refractivity contribution in [3.8, 4) is 28.5 Å². The molecule has 3 aromatic rings. The number of thioether (sulfide) groups is 2. The number of hydrogen-bond donors (Lipinski definition) is 1. The van der Waals surface area contributed by atoms with E-state index in [1.807, 2.05) is 55.0 Å². The van der Waals surface area contributed by atoms with Crippen LogP contribution in [0.5, 0.6) is 0 Å². The van der Waals surface area contributed by atoms with Crippen molar-refractivity contribution in [2.75, 3.05) is 18.2 Å². The zero-order chi connectivity index (χ0) is 17.8. The van der Waals surface area contributed by atoms with Crippen LogP contribution in [-0.4, -0.2) is 17.5 Å². The van der Waals surface area contributed by atoms with Gasteiger partial charge in [0.1, 0.15) is 17.5 Å². The van der Waals surface area contributed by atoms with Crippen LogP contribution in [0.2, 0.25) is 0 Å². The van der Waals surface area contributed by atoms with E-state index in [4.69, 9.17) is 5.73 Å². The van der Waals surface area contributed by atoms with Gasteiger partial charge in [-0.1, -0.05) is 24.3 Å². The lowest BCUT2D eigenvalue weighted by molar-refractivity contribution is 1.30. The van der Waals surface area contributed by atoms with Crippen molar-refractivity contribution in [3.05, 3.63) is 60.2 Å². The second-order valence-corrected chi connectivity index (χ2v) is 7.14. The molecule has 2 N–H and O–H groups in total. The molecule has 3 rings (SSSR count). The largest absolute Gasteiger partial charge is 0.383 e. The molecule has 0 aliphatic rings. The number of anilines is 1. The third kappa shape index (κ3) is 3.65. The molecular formula is C20H17N3S2. The monoisotopic (exact) mass is 363 g/mol. The number of pyridine rings is 1. The van der Waals surface area contributed by atoms with Gasteiger partial charge in [0.25, 0.3) is 0 Å². The van der Waals surface area contributed by atoms with E-state index in [1.165, 1.54) is 9.79 Å². The predicted octanol–water partition coefficient (Wildman–Crippen LogP) is 5.31. The van der Waals surface area contributed by atoms with Crippen molar-refractivity contribution in [3.63, 3.8) is 0 Å². The van der Waals surface area contributed by atoms with Crippen LogP contribution in [-0.2, 0) is 0 Å². The summed E-state index contributed by atoms with van der Waals surface area (Å²) < 4.78 is 0. The Labute approximate surface area is 156 Å². The molecule has 0 radical (unpaired) electrons. The van der Waals surface area contributed by atoms with Gasteiger partial charge < -0.3 is 5.73 Å². The first-order valence-corrected chi connectivity index (χ1v) is 10.1. The van der Waals surface area contributed by atoms with Crippen molar-refractivity contribution in [1.82, 2.24) is 4.98 Å². The van der Waals surface area contributed by atoms with Gasteiger partial charge >= 0.3 is 0 Å². The lowest BCUT2D eigenvalue weighted by atomic mass is 9.98. The van der Waals surface area contributed by atoms with Crippen molar-refractivity contribution in [1.29, 1.82) is 5.26 Å². The van der Waals surface area contributed by atoms with Crippen LogP contribution in [0.25, 0.3) is 22.4 Å². The number of rotatable bonds is 4. The fourth-order valence-corrected chi connectivity index (χ4v) is 3.41. The summed E-state index contributed by atoms with van der Waals surface area (Å²) >= 11 is 3.38. The fourth-order valence-electron chi connectivity index (χ4n) is 2.59. The van der Waals surface area contributed by atoms with Gasteiger partial charge in [-0.25, -0.2) is 4.98 Å². The van der Waals surface area contributed by atoms with Gasteiger partial charge in [-0.3, -0.25) is 0 Å². The highest BCUT2D eigenvalue weighted by atomic mass is 32.2. The van der Waals surface area contributed by atoms with Crippen molar-refractivity contribution in [2.24, 2.45) is 0 Å². The molecule has 1 aromatic heterocycles. The average Bonchev–Trinajstić information content (AvgIpc) is 2.67. The molecule has 2 aromatic carbocycles. The first kappa shape index (κ1) is 17.4. The van der Waals surface area contributed by atoms with Gasteiger partial charge in [0.05, 0.1) is 5.69 Å². The van der Waals surface area contributed by atoms with E-state index in [1.54, 1.807) is 23.5 Å². The highest BCUT2D eigenvalue weighted by Crippen LogP contribution is 2.32. The van der Waals surface area contributed by atoms with E-state index < -0.39 is 0 Å². The zero-order valence-corrected chi connectivity index (χ0v) is 15.6. The van der Waals surface area contributed by atoms with Gasteiger partial charge in [0, 0.05) is 20.9 Å². The topological polar surface area (TPSA) is 62.7 Å². The second kappa shape index (κ2) is 7.64. The van der Waals surface area contributed by atoms with E-state index in [0.29, 0.717) is 5.56 Å². The Morgan fingerprint density at radius 3 is 1.88 bits per heavy atom. The molecule has 0 saturated heterocycles. The molecule has 0 spiro atoms. The fraction of sp³-hybridized carbons (Fsp3) is 0.100. The Balaban J connectivity index is 2.12. The van der Waals surface area contributed by atoms with E-state index >= 15 is 0 Å². The molecule has 0 unspecified atom stereocenters. The normalized spacial score (nSPS) is 10.4. The van der Waals surface area contributed by atoms with E-state index in [2.05, 4.69) is 23.2 Å². The molecule has 0 aliphatic heterocycles. The molecule has 0 amide bonds. The molecule has 0 bridgehead atoms. The molecule has 0 saturated carbocycles. The zero-order valence-electron chi connectivity index (χ0n) is 14.0. The molecule has 124 valence electrons. The number of hydrogen-bond acceptors (Lipinski definition) is 5. The first-order chi connectivity index (χ1) is 12.2. The van der Waals surface area contributed by atoms with Gasteiger partial charge in [-0.2, -0.15) is 5.26 Å². The molecule has 5 heteroatoms. The van der Waals surface area contributed by atoms with Crippen molar-refractivity contribution < 1.29 is 0 Å². The Bertz CT molecular complexity index is 927. The van der Waals surface area contributed by atoms with Crippen LogP contribution in [0.3, 0.4) is 0 Å². The number of nitrogen functional groups attached to an aromatic ring is 1. The summed E-state index contributed by atoms with van der Waals surface area (Å²) in [6.07, 6.45) is 4.08. The van der Waals surface area contributed by atoms with Crippen molar-refractivity contribution in [2.45, 2.75) is 9.79 Å². The van der Waals surface area contributed by atoms with E-state index in [-0.39, 0.29) is 5.82 Å². The highest BCUT2D eigenvalue weighted by molar-refractivity contribution is 7.98. The quantitative estimate of drug-likeness (QED) is 0.636. The van der Waals surface area contributed by atoms with Crippen molar-refractivity contribution >= 4 is 29.3 Å². The summed E-state index contributed by atoms with van der Waals surface area (Å²) in [5.41, 5.74) is 10.0. The van der Waals surface area contributed by atoms with Crippen LogP contribution in [0.4, 0.5) is 5.82 Å². The lowest BCUT2D eigenvalue weighted by Gasteiger charge is -2.11. The summed E-state index contributed by atoms with van der Waals surface area (Å²) in [4.78, 5) is 6.80. The summed E-state index contributed by atoms with van der Waals surface area (Å²) in [5.74, 6) is 0.262. The van der Waals surface area contributed by atoms with Gasteiger partial charge in [0.2, 0.25) is 0 Å². The maximum atomic E-state index is 9.51.